The van der Waals surface area contributed by atoms with E-state index in [0.717, 1.165) is 42.8 Å². The monoisotopic (exact) mass is 483 g/mol. The number of carbonyl (C=O) groups is 1. The Balaban J connectivity index is 1.26. The van der Waals surface area contributed by atoms with Crippen molar-refractivity contribution < 1.29 is 4.79 Å². The summed E-state index contributed by atoms with van der Waals surface area (Å²) < 4.78 is 2.07. The van der Waals surface area contributed by atoms with Gasteiger partial charge in [-0.15, -0.1) is 10.2 Å². The standard InChI is InChI=1S/C28H29N5OS/c1-22-10-8-9-15-25(22)31-16-18-32(19-17-31)27(34)21-35-28-30-29-26(20-23-11-4-2-5-12-23)33(28)24-13-6-3-7-14-24/h2-15H,16-21H2,1H3. The number of thioether (sulfide) groups is 1. The van der Waals surface area contributed by atoms with Crippen LogP contribution in [0, 0.1) is 6.92 Å². The molecule has 1 aliphatic heterocycles. The number of piperazine rings is 1. The lowest BCUT2D eigenvalue weighted by molar-refractivity contribution is -0.128. The van der Waals surface area contributed by atoms with Crippen LogP contribution in [0.2, 0.25) is 0 Å². The van der Waals surface area contributed by atoms with Crippen LogP contribution in [-0.2, 0) is 11.2 Å². The van der Waals surface area contributed by atoms with Crippen LogP contribution in [0.4, 0.5) is 5.69 Å². The van der Waals surface area contributed by atoms with E-state index in [2.05, 4.69) is 75.1 Å². The minimum absolute atomic E-state index is 0.145. The summed E-state index contributed by atoms with van der Waals surface area (Å²) in [5.41, 5.74) is 4.71. The first-order chi connectivity index (χ1) is 17.2. The molecule has 35 heavy (non-hydrogen) atoms. The van der Waals surface area contributed by atoms with Gasteiger partial charge in [0.05, 0.1) is 5.75 Å². The zero-order chi connectivity index (χ0) is 24.0. The molecule has 0 N–H and O–H groups in total. The molecule has 0 unspecified atom stereocenters. The lowest BCUT2D eigenvalue weighted by Gasteiger charge is -2.36. The van der Waals surface area contributed by atoms with Gasteiger partial charge in [0.15, 0.2) is 5.16 Å². The zero-order valence-corrected chi connectivity index (χ0v) is 20.7. The molecule has 0 atom stereocenters. The van der Waals surface area contributed by atoms with Gasteiger partial charge in [-0.3, -0.25) is 9.36 Å². The van der Waals surface area contributed by atoms with Gasteiger partial charge in [-0.05, 0) is 36.2 Å². The van der Waals surface area contributed by atoms with Gasteiger partial charge in [0.2, 0.25) is 5.91 Å². The van der Waals surface area contributed by atoms with Crippen molar-refractivity contribution in [3.05, 3.63) is 102 Å². The molecule has 0 saturated carbocycles. The Kier molecular flexibility index (Phi) is 7.14. The van der Waals surface area contributed by atoms with Crippen molar-refractivity contribution in [2.45, 2.75) is 18.5 Å². The van der Waals surface area contributed by atoms with E-state index in [1.54, 1.807) is 0 Å². The number of nitrogens with zero attached hydrogens (tertiary/aromatic N) is 5. The number of rotatable bonds is 7. The minimum Gasteiger partial charge on any atom is -0.368 e. The number of benzene rings is 3. The normalized spacial score (nSPS) is 13.7. The largest absolute Gasteiger partial charge is 0.368 e. The van der Waals surface area contributed by atoms with E-state index >= 15 is 0 Å². The molecule has 7 heteroatoms. The second kappa shape index (κ2) is 10.8. The number of aryl methyl sites for hydroxylation is 1. The van der Waals surface area contributed by atoms with Crippen LogP contribution < -0.4 is 4.90 Å². The van der Waals surface area contributed by atoms with E-state index in [1.807, 2.05) is 41.3 Å². The molecule has 1 aliphatic rings. The number of anilines is 1. The van der Waals surface area contributed by atoms with Crippen molar-refractivity contribution in [3.63, 3.8) is 0 Å². The molecular formula is C28H29N5OS. The van der Waals surface area contributed by atoms with Crippen LogP contribution in [0.3, 0.4) is 0 Å². The van der Waals surface area contributed by atoms with Gasteiger partial charge in [-0.1, -0.05) is 78.5 Å². The van der Waals surface area contributed by atoms with Gasteiger partial charge in [0, 0.05) is 44.0 Å². The third kappa shape index (κ3) is 5.41. The molecule has 0 radical (unpaired) electrons. The van der Waals surface area contributed by atoms with E-state index in [1.165, 1.54) is 28.6 Å². The molecule has 2 heterocycles. The van der Waals surface area contributed by atoms with Crippen molar-refractivity contribution in [1.82, 2.24) is 19.7 Å². The van der Waals surface area contributed by atoms with Crippen molar-refractivity contribution in [3.8, 4) is 5.69 Å². The SMILES string of the molecule is Cc1ccccc1N1CCN(C(=O)CSc2nnc(Cc3ccccc3)n2-c2ccccc2)CC1. The Labute approximate surface area is 210 Å². The lowest BCUT2D eigenvalue weighted by atomic mass is 10.1. The third-order valence-electron chi connectivity index (χ3n) is 6.33. The van der Waals surface area contributed by atoms with E-state index < -0.39 is 0 Å². The smallest absolute Gasteiger partial charge is 0.233 e. The molecule has 1 fully saturated rings. The molecule has 5 rings (SSSR count). The summed E-state index contributed by atoms with van der Waals surface area (Å²) in [5.74, 6) is 1.36. The van der Waals surface area contributed by atoms with E-state index in [0.29, 0.717) is 12.2 Å². The summed E-state index contributed by atoms with van der Waals surface area (Å²) in [6.07, 6.45) is 0.679. The molecule has 1 aromatic heterocycles. The number of para-hydroxylation sites is 2. The highest BCUT2D eigenvalue weighted by Crippen LogP contribution is 2.25. The molecule has 0 spiro atoms. The summed E-state index contributed by atoms with van der Waals surface area (Å²) in [7, 11) is 0. The highest BCUT2D eigenvalue weighted by Gasteiger charge is 2.23. The molecular weight excluding hydrogens is 454 g/mol. The number of carbonyl (C=O) groups excluding carboxylic acids is 1. The summed E-state index contributed by atoms with van der Waals surface area (Å²) in [6.45, 7) is 5.31. The summed E-state index contributed by atoms with van der Waals surface area (Å²) in [6, 6.07) is 28.8. The van der Waals surface area contributed by atoms with Gasteiger partial charge in [0.1, 0.15) is 5.82 Å². The first kappa shape index (κ1) is 23.2. The highest BCUT2D eigenvalue weighted by atomic mass is 32.2. The molecule has 0 aliphatic carbocycles. The van der Waals surface area contributed by atoms with Crippen molar-refractivity contribution in [1.29, 1.82) is 0 Å². The van der Waals surface area contributed by atoms with Crippen LogP contribution in [-0.4, -0.2) is 57.5 Å². The Hall–Kier alpha value is -3.58. The van der Waals surface area contributed by atoms with Gasteiger partial charge >= 0.3 is 0 Å². The second-order valence-electron chi connectivity index (χ2n) is 8.68. The van der Waals surface area contributed by atoms with Gasteiger partial charge in [-0.2, -0.15) is 0 Å². The second-order valence-corrected chi connectivity index (χ2v) is 9.62. The van der Waals surface area contributed by atoms with E-state index in [-0.39, 0.29) is 5.91 Å². The first-order valence-corrected chi connectivity index (χ1v) is 12.9. The number of hydrogen-bond donors (Lipinski definition) is 0. The Morgan fingerprint density at radius 2 is 1.49 bits per heavy atom. The predicted octanol–water partition coefficient (Wildman–Crippen LogP) is 4.61. The maximum atomic E-state index is 13.1. The average Bonchev–Trinajstić information content (AvgIpc) is 3.31. The summed E-state index contributed by atoms with van der Waals surface area (Å²) >= 11 is 1.46. The molecule has 3 aromatic carbocycles. The first-order valence-electron chi connectivity index (χ1n) is 11.9. The molecule has 0 bridgehead atoms. The average molecular weight is 484 g/mol. The van der Waals surface area contributed by atoms with Crippen LogP contribution >= 0.6 is 11.8 Å². The van der Waals surface area contributed by atoms with Crippen molar-refractivity contribution in [2.75, 3.05) is 36.8 Å². The van der Waals surface area contributed by atoms with E-state index in [4.69, 9.17) is 0 Å². The topological polar surface area (TPSA) is 54.3 Å². The third-order valence-corrected chi connectivity index (χ3v) is 7.25. The summed E-state index contributed by atoms with van der Waals surface area (Å²) in [4.78, 5) is 17.4. The minimum atomic E-state index is 0.145. The Bertz CT molecular complexity index is 1270. The lowest BCUT2D eigenvalue weighted by Crippen LogP contribution is -2.49. The Morgan fingerprint density at radius 1 is 0.829 bits per heavy atom. The van der Waals surface area contributed by atoms with Crippen molar-refractivity contribution >= 4 is 23.4 Å². The number of hydrogen-bond acceptors (Lipinski definition) is 5. The fourth-order valence-electron chi connectivity index (χ4n) is 4.46. The quantitative estimate of drug-likeness (QED) is 0.360. The van der Waals surface area contributed by atoms with Crippen LogP contribution in [0.1, 0.15) is 17.0 Å². The number of amides is 1. The summed E-state index contributed by atoms with van der Waals surface area (Å²) in [5, 5.41) is 9.70. The van der Waals surface area contributed by atoms with Crippen LogP contribution in [0.15, 0.2) is 90.1 Å². The zero-order valence-electron chi connectivity index (χ0n) is 19.9. The van der Waals surface area contributed by atoms with Gasteiger partial charge in [-0.25, -0.2) is 0 Å². The maximum absolute atomic E-state index is 13.1. The molecule has 1 saturated heterocycles. The molecule has 6 nitrogen and oxygen atoms in total. The molecule has 1 amide bonds. The highest BCUT2D eigenvalue weighted by molar-refractivity contribution is 7.99. The van der Waals surface area contributed by atoms with Crippen LogP contribution in [0.5, 0.6) is 0 Å². The van der Waals surface area contributed by atoms with Crippen molar-refractivity contribution in [2.24, 2.45) is 0 Å². The van der Waals surface area contributed by atoms with E-state index in [9.17, 15) is 4.79 Å². The maximum Gasteiger partial charge on any atom is 0.233 e. The van der Waals surface area contributed by atoms with Crippen LogP contribution in [0.25, 0.3) is 5.69 Å². The molecule has 178 valence electrons. The fraction of sp³-hybridized carbons (Fsp3) is 0.250. The predicted molar refractivity (Wildman–Crippen MR) is 141 cm³/mol. The number of aromatic nitrogens is 3. The van der Waals surface area contributed by atoms with Gasteiger partial charge < -0.3 is 9.80 Å². The fourth-order valence-corrected chi connectivity index (χ4v) is 5.33. The van der Waals surface area contributed by atoms with Gasteiger partial charge in [0.25, 0.3) is 0 Å². The molecule has 4 aromatic rings. The Morgan fingerprint density at radius 3 is 2.20 bits per heavy atom.